The summed E-state index contributed by atoms with van der Waals surface area (Å²) in [5.74, 6) is 0. The van der Waals surface area contributed by atoms with E-state index in [1.54, 1.807) is 14.2 Å². The highest BCUT2D eigenvalue weighted by Gasteiger charge is 2.57. The zero-order chi connectivity index (χ0) is 9.47. The Kier molecular flexibility index (Phi) is 2.32. The molecule has 76 valence electrons. The average Bonchev–Trinajstić information content (AvgIpc) is 2.59. The Labute approximate surface area is 78.1 Å². The van der Waals surface area contributed by atoms with Crippen LogP contribution in [-0.4, -0.2) is 51.3 Å². The van der Waals surface area contributed by atoms with E-state index in [0.717, 1.165) is 0 Å². The molecule has 0 bridgehead atoms. The van der Waals surface area contributed by atoms with Crippen LogP contribution in [0.1, 0.15) is 6.92 Å². The summed E-state index contributed by atoms with van der Waals surface area (Å²) in [5, 5.41) is 0. The second kappa shape index (κ2) is 3.20. The molecule has 0 amide bonds. The van der Waals surface area contributed by atoms with Crippen LogP contribution in [0.2, 0.25) is 0 Å². The Morgan fingerprint density at radius 3 is 2.62 bits per heavy atom. The van der Waals surface area contributed by atoms with Crippen molar-refractivity contribution in [2.24, 2.45) is 0 Å². The van der Waals surface area contributed by atoms with Gasteiger partial charge in [0.1, 0.15) is 23.9 Å². The first kappa shape index (κ1) is 9.40. The molecule has 0 aromatic carbocycles. The van der Waals surface area contributed by atoms with Gasteiger partial charge in [0.05, 0.1) is 13.2 Å². The summed E-state index contributed by atoms with van der Waals surface area (Å²) in [6, 6.07) is 0. The molecule has 4 heteroatoms. The number of rotatable bonds is 2. The molecule has 2 fully saturated rings. The molecule has 2 rings (SSSR count). The van der Waals surface area contributed by atoms with Gasteiger partial charge in [-0.15, -0.1) is 0 Å². The summed E-state index contributed by atoms with van der Waals surface area (Å²) in [6.45, 7) is 3.22. The third kappa shape index (κ3) is 1.21. The summed E-state index contributed by atoms with van der Waals surface area (Å²) >= 11 is 0. The Balaban J connectivity index is 2.15. The monoisotopic (exact) mass is 188 g/mol. The summed E-state index contributed by atoms with van der Waals surface area (Å²) in [4.78, 5) is 0. The van der Waals surface area contributed by atoms with Crippen molar-refractivity contribution in [1.82, 2.24) is 0 Å². The zero-order valence-corrected chi connectivity index (χ0v) is 8.28. The van der Waals surface area contributed by atoms with Crippen molar-refractivity contribution in [3.63, 3.8) is 0 Å². The molecule has 0 radical (unpaired) electrons. The molecule has 0 aromatic heterocycles. The predicted molar refractivity (Wildman–Crippen MR) is 45.7 cm³/mol. The van der Waals surface area contributed by atoms with Gasteiger partial charge in [0, 0.05) is 14.2 Å². The zero-order valence-electron chi connectivity index (χ0n) is 8.28. The van der Waals surface area contributed by atoms with Gasteiger partial charge in [-0.3, -0.25) is 0 Å². The highest BCUT2D eigenvalue weighted by Crippen LogP contribution is 2.39. The van der Waals surface area contributed by atoms with E-state index in [-0.39, 0.29) is 23.9 Å². The maximum absolute atomic E-state index is 5.70. The van der Waals surface area contributed by atoms with E-state index in [0.29, 0.717) is 13.2 Å². The number of hydrogen-bond donors (Lipinski definition) is 0. The minimum atomic E-state index is -0.324. The molecule has 0 aliphatic carbocycles. The summed E-state index contributed by atoms with van der Waals surface area (Å²) in [6.07, 6.45) is 0.0882. The molecule has 13 heavy (non-hydrogen) atoms. The van der Waals surface area contributed by atoms with Gasteiger partial charge in [0.2, 0.25) is 0 Å². The fraction of sp³-hybridized carbons (Fsp3) is 1.00. The Hall–Kier alpha value is -0.160. The van der Waals surface area contributed by atoms with E-state index < -0.39 is 0 Å². The number of fused-ring (bicyclic) bond motifs is 1. The van der Waals surface area contributed by atoms with Crippen molar-refractivity contribution >= 4 is 0 Å². The van der Waals surface area contributed by atoms with Crippen LogP contribution in [0.3, 0.4) is 0 Å². The number of methoxy groups -OCH3 is 2. The molecular weight excluding hydrogens is 172 g/mol. The molecule has 0 saturated carbocycles. The second-order valence-corrected chi connectivity index (χ2v) is 3.75. The first-order chi connectivity index (χ1) is 6.22. The van der Waals surface area contributed by atoms with E-state index >= 15 is 0 Å². The third-order valence-corrected chi connectivity index (χ3v) is 3.11. The molecule has 2 aliphatic rings. The van der Waals surface area contributed by atoms with E-state index in [2.05, 4.69) is 0 Å². The molecule has 0 aromatic rings. The quantitative estimate of drug-likeness (QED) is 0.620. The average molecular weight is 188 g/mol. The van der Waals surface area contributed by atoms with Crippen LogP contribution in [0.25, 0.3) is 0 Å². The van der Waals surface area contributed by atoms with Crippen molar-refractivity contribution in [2.45, 2.75) is 30.8 Å². The van der Waals surface area contributed by atoms with Crippen LogP contribution >= 0.6 is 0 Å². The van der Waals surface area contributed by atoms with E-state index in [9.17, 15) is 0 Å². The molecule has 4 atom stereocenters. The number of ether oxygens (including phenoxy) is 4. The minimum absolute atomic E-state index is 0.0162. The van der Waals surface area contributed by atoms with Gasteiger partial charge in [-0.1, -0.05) is 0 Å². The fourth-order valence-corrected chi connectivity index (χ4v) is 2.20. The van der Waals surface area contributed by atoms with E-state index in [4.69, 9.17) is 18.9 Å². The van der Waals surface area contributed by atoms with Gasteiger partial charge < -0.3 is 18.9 Å². The second-order valence-electron chi connectivity index (χ2n) is 3.75. The van der Waals surface area contributed by atoms with Crippen LogP contribution in [0, 0.1) is 0 Å². The predicted octanol–water partition coefficient (Wildman–Crippen LogP) is 0.204. The summed E-state index contributed by atoms with van der Waals surface area (Å²) in [7, 11) is 3.37. The largest absolute Gasteiger partial charge is 0.376 e. The van der Waals surface area contributed by atoms with Gasteiger partial charge in [0.15, 0.2) is 0 Å². The van der Waals surface area contributed by atoms with Gasteiger partial charge in [-0.25, -0.2) is 0 Å². The van der Waals surface area contributed by atoms with Crippen molar-refractivity contribution in [3.05, 3.63) is 0 Å². The van der Waals surface area contributed by atoms with Crippen molar-refractivity contribution in [3.8, 4) is 0 Å². The molecule has 0 spiro atoms. The van der Waals surface area contributed by atoms with Gasteiger partial charge in [-0.05, 0) is 6.92 Å². The van der Waals surface area contributed by atoms with Crippen LogP contribution < -0.4 is 0 Å². The first-order valence-corrected chi connectivity index (χ1v) is 4.53. The first-order valence-electron chi connectivity index (χ1n) is 4.53. The third-order valence-electron chi connectivity index (χ3n) is 3.11. The molecule has 0 N–H and O–H groups in total. The molecule has 1 unspecified atom stereocenters. The van der Waals surface area contributed by atoms with Gasteiger partial charge >= 0.3 is 0 Å². The van der Waals surface area contributed by atoms with Crippen LogP contribution in [0.4, 0.5) is 0 Å². The van der Waals surface area contributed by atoms with E-state index in [1.165, 1.54) is 0 Å². The smallest absolute Gasteiger partial charge is 0.122 e. The van der Waals surface area contributed by atoms with Gasteiger partial charge in [0.25, 0.3) is 0 Å². The lowest BCUT2D eigenvalue weighted by molar-refractivity contribution is -0.0774. The lowest BCUT2D eigenvalue weighted by atomic mass is 9.95. The highest BCUT2D eigenvalue weighted by atomic mass is 16.6. The molecule has 2 saturated heterocycles. The normalized spacial score (nSPS) is 49.6. The topological polar surface area (TPSA) is 36.9 Å². The van der Waals surface area contributed by atoms with Crippen LogP contribution in [0.15, 0.2) is 0 Å². The molecule has 4 nitrogen and oxygen atoms in total. The van der Waals surface area contributed by atoms with Crippen molar-refractivity contribution < 1.29 is 18.9 Å². The SMILES string of the molecule is COC1CO[C@@H]2[C@@H](OC)CO[C@]12C. The minimum Gasteiger partial charge on any atom is -0.376 e. The highest BCUT2D eigenvalue weighted by molar-refractivity contribution is 5.05. The fourth-order valence-electron chi connectivity index (χ4n) is 2.20. The lowest BCUT2D eigenvalue weighted by Crippen LogP contribution is -2.45. The van der Waals surface area contributed by atoms with Crippen molar-refractivity contribution in [2.75, 3.05) is 27.4 Å². The maximum Gasteiger partial charge on any atom is 0.122 e. The van der Waals surface area contributed by atoms with Crippen LogP contribution in [-0.2, 0) is 18.9 Å². The van der Waals surface area contributed by atoms with E-state index in [1.807, 2.05) is 6.92 Å². The number of hydrogen-bond acceptors (Lipinski definition) is 4. The molecule has 2 aliphatic heterocycles. The Morgan fingerprint density at radius 1 is 1.23 bits per heavy atom. The maximum atomic E-state index is 5.70. The standard InChI is InChI=1S/C9H16O4/c1-9-7(11-3)5-12-8(9)6(10-2)4-13-9/h6-8H,4-5H2,1-3H3/t6-,7?,8+,9+/m0/s1. The van der Waals surface area contributed by atoms with Crippen molar-refractivity contribution in [1.29, 1.82) is 0 Å². The van der Waals surface area contributed by atoms with Gasteiger partial charge in [-0.2, -0.15) is 0 Å². The molecular formula is C9H16O4. The Bertz CT molecular complexity index is 196. The summed E-state index contributed by atoms with van der Waals surface area (Å²) < 4.78 is 21.9. The Morgan fingerprint density at radius 2 is 2.00 bits per heavy atom. The van der Waals surface area contributed by atoms with Crippen LogP contribution in [0.5, 0.6) is 0 Å². The lowest BCUT2D eigenvalue weighted by Gasteiger charge is -2.27. The summed E-state index contributed by atoms with van der Waals surface area (Å²) in [5.41, 5.74) is -0.324. The molecule has 2 heterocycles.